The average molecular weight is 523 g/mol. The molecule has 0 radical (unpaired) electrons. The molecule has 1 amide bonds. The lowest BCUT2D eigenvalue weighted by molar-refractivity contribution is -0.144. The van der Waals surface area contributed by atoms with Crippen molar-refractivity contribution in [2.45, 2.75) is 76.0 Å². The van der Waals surface area contributed by atoms with Gasteiger partial charge in [-0.2, -0.15) is 18.4 Å². The molecule has 1 saturated heterocycles. The summed E-state index contributed by atoms with van der Waals surface area (Å²) in [6, 6.07) is 11.7. The van der Waals surface area contributed by atoms with Gasteiger partial charge in [0.1, 0.15) is 0 Å². The lowest BCUT2D eigenvalue weighted by Gasteiger charge is -2.39. The third-order valence-electron chi connectivity index (χ3n) is 9.73. The monoisotopic (exact) mass is 522 g/mol. The van der Waals surface area contributed by atoms with Gasteiger partial charge in [-0.1, -0.05) is 18.6 Å². The molecule has 1 aromatic carbocycles. The molecule has 2 aliphatic carbocycles. The zero-order chi connectivity index (χ0) is 26.5. The number of amides is 1. The molecule has 0 bridgehead atoms. The van der Waals surface area contributed by atoms with Crippen LogP contribution in [0.3, 0.4) is 0 Å². The predicted molar refractivity (Wildman–Crippen MR) is 136 cm³/mol. The normalized spacial score (nSPS) is 28.1. The number of hydrogen-bond donors (Lipinski definition) is 0. The number of hydrogen-bond acceptors (Lipinski definition) is 4. The Morgan fingerprint density at radius 3 is 2.71 bits per heavy atom. The van der Waals surface area contributed by atoms with E-state index >= 15 is 0 Å². The highest BCUT2D eigenvalue weighted by Gasteiger charge is 2.57. The molecular weight excluding hydrogens is 489 g/mol. The molecule has 2 saturated carbocycles. The fourth-order valence-electron chi connectivity index (χ4n) is 7.77. The Balaban J connectivity index is 1.13. The first-order chi connectivity index (χ1) is 18.3. The van der Waals surface area contributed by atoms with Gasteiger partial charge < -0.3 is 9.80 Å². The summed E-state index contributed by atoms with van der Waals surface area (Å²) in [5, 5.41) is 9.24. The molecule has 38 heavy (non-hydrogen) atoms. The van der Waals surface area contributed by atoms with Crippen molar-refractivity contribution in [3.05, 3.63) is 64.5 Å². The van der Waals surface area contributed by atoms with Gasteiger partial charge in [-0.25, -0.2) is 0 Å². The highest BCUT2D eigenvalue weighted by molar-refractivity contribution is 5.84. The van der Waals surface area contributed by atoms with Gasteiger partial charge in [-0.05, 0) is 92.8 Å². The van der Waals surface area contributed by atoms with Crippen LogP contribution in [0.2, 0.25) is 0 Å². The van der Waals surface area contributed by atoms with E-state index in [1.165, 1.54) is 11.6 Å². The van der Waals surface area contributed by atoms with Gasteiger partial charge in [0.15, 0.2) is 0 Å². The van der Waals surface area contributed by atoms with Crippen LogP contribution in [-0.2, 0) is 23.9 Å². The van der Waals surface area contributed by atoms with Crippen molar-refractivity contribution in [1.29, 1.82) is 5.26 Å². The molecule has 3 heterocycles. The molecule has 6 rings (SSSR count). The number of carbonyl (C=O) groups excluding carboxylic acids is 1. The first-order valence-electron chi connectivity index (χ1n) is 13.9. The van der Waals surface area contributed by atoms with Gasteiger partial charge in [0.2, 0.25) is 5.91 Å². The van der Waals surface area contributed by atoms with E-state index in [2.05, 4.69) is 22.0 Å². The van der Waals surface area contributed by atoms with Crippen LogP contribution in [0.15, 0.2) is 36.5 Å². The van der Waals surface area contributed by atoms with E-state index < -0.39 is 11.7 Å². The van der Waals surface area contributed by atoms with Gasteiger partial charge in [-0.3, -0.25) is 9.78 Å². The van der Waals surface area contributed by atoms with Crippen molar-refractivity contribution in [1.82, 2.24) is 14.8 Å². The van der Waals surface area contributed by atoms with E-state index in [0.29, 0.717) is 47.7 Å². The molecule has 2 aromatic rings. The zero-order valence-corrected chi connectivity index (χ0v) is 21.5. The largest absolute Gasteiger partial charge is 0.417 e. The first kappa shape index (κ1) is 25.4. The standard InChI is InChI=1S/C30H33F3N4O/c31-30(32,33)25-14-23-19-37(12-8-27(23)35-18-25)28(38)29-9-2-5-24(29)15-26(16-29)36-10-6-21(7-11-36)22-4-1-3-20(13-22)17-34/h1,3-4,13-14,18,21,24,26H,2,5-12,15-16,19H2/t24?,26-,29?/m0/s1. The van der Waals surface area contributed by atoms with Gasteiger partial charge >= 0.3 is 6.18 Å². The topological polar surface area (TPSA) is 60.2 Å². The number of halogens is 3. The van der Waals surface area contributed by atoms with E-state index in [-0.39, 0.29) is 17.9 Å². The van der Waals surface area contributed by atoms with Crippen LogP contribution in [0.1, 0.15) is 78.8 Å². The molecule has 200 valence electrons. The lowest BCUT2D eigenvalue weighted by atomic mass is 9.78. The molecule has 5 nitrogen and oxygen atoms in total. The maximum Gasteiger partial charge on any atom is 0.417 e. The number of aromatic nitrogens is 1. The van der Waals surface area contributed by atoms with E-state index in [4.69, 9.17) is 0 Å². The van der Waals surface area contributed by atoms with Crippen LogP contribution >= 0.6 is 0 Å². The fourth-order valence-corrected chi connectivity index (χ4v) is 7.77. The summed E-state index contributed by atoms with van der Waals surface area (Å²) in [4.78, 5) is 22.5. The number of fused-ring (bicyclic) bond motifs is 2. The van der Waals surface area contributed by atoms with Crippen LogP contribution < -0.4 is 0 Å². The highest BCUT2D eigenvalue weighted by atomic mass is 19.4. The number of rotatable bonds is 3. The minimum Gasteiger partial charge on any atom is -0.337 e. The highest BCUT2D eigenvalue weighted by Crippen LogP contribution is 2.57. The van der Waals surface area contributed by atoms with Gasteiger partial charge in [0, 0.05) is 37.4 Å². The van der Waals surface area contributed by atoms with Crippen LogP contribution in [0.5, 0.6) is 0 Å². The summed E-state index contributed by atoms with van der Waals surface area (Å²) in [6.07, 6.45) is 3.96. The molecule has 2 aliphatic heterocycles. The maximum atomic E-state index is 14.1. The minimum atomic E-state index is -4.44. The van der Waals surface area contributed by atoms with Gasteiger partial charge in [-0.15, -0.1) is 0 Å². The summed E-state index contributed by atoms with van der Waals surface area (Å²) in [6.45, 7) is 2.73. The number of likely N-dealkylation sites (tertiary alicyclic amines) is 1. The minimum absolute atomic E-state index is 0.147. The van der Waals surface area contributed by atoms with E-state index in [9.17, 15) is 23.2 Å². The molecule has 0 N–H and O–H groups in total. The fraction of sp³-hybridized carbons (Fsp3) is 0.567. The average Bonchev–Trinajstić information content (AvgIpc) is 3.50. The number of pyridine rings is 1. The van der Waals surface area contributed by atoms with E-state index in [0.717, 1.165) is 64.2 Å². The number of nitriles is 1. The van der Waals surface area contributed by atoms with Crippen LogP contribution in [0.4, 0.5) is 13.2 Å². The molecule has 8 heteroatoms. The third-order valence-corrected chi connectivity index (χ3v) is 9.73. The Morgan fingerprint density at radius 1 is 1.13 bits per heavy atom. The van der Waals surface area contributed by atoms with Crippen LogP contribution in [0, 0.1) is 22.7 Å². The zero-order valence-electron chi connectivity index (χ0n) is 21.5. The van der Waals surface area contributed by atoms with E-state index in [1.54, 1.807) is 0 Å². The summed E-state index contributed by atoms with van der Waals surface area (Å²) < 4.78 is 39.8. The first-order valence-corrected chi connectivity index (χ1v) is 13.9. The molecule has 2 unspecified atom stereocenters. The van der Waals surface area contributed by atoms with Crippen LogP contribution in [0.25, 0.3) is 0 Å². The number of carbonyl (C=O) groups is 1. The second kappa shape index (κ2) is 9.68. The summed E-state index contributed by atoms with van der Waals surface area (Å²) in [5.41, 5.74) is 2.03. The van der Waals surface area contributed by atoms with Crippen LogP contribution in [-0.4, -0.2) is 46.4 Å². The number of piperidine rings is 1. The molecular formula is C30H33F3N4O. The lowest BCUT2D eigenvalue weighted by Crippen LogP contribution is -2.47. The molecule has 0 spiro atoms. The number of benzene rings is 1. The van der Waals surface area contributed by atoms with Crippen molar-refractivity contribution in [2.75, 3.05) is 19.6 Å². The van der Waals surface area contributed by atoms with Crippen molar-refractivity contribution >= 4 is 5.91 Å². The van der Waals surface area contributed by atoms with Gasteiger partial charge in [0.05, 0.1) is 22.6 Å². The Labute approximate surface area is 221 Å². The summed E-state index contributed by atoms with van der Waals surface area (Å²) in [5.74, 6) is 0.958. The van der Waals surface area contributed by atoms with Gasteiger partial charge in [0.25, 0.3) is 0 Å². The second-order valence-electron chi connectivity index (χ2n) is 11.7. The smallest absolute Gasteiger partial charge is 0.337 e. The molecule has 3 atom stereocenters. The number of alkyl halides is 3. The van der Waals surface area contributed by atoms with Crippen molar-refractivity contribution in [3.63, 3.8) is 0 Å². The molecule has 3 fully saturated rings. The summed E-state index contributed by atoms with van der Waals surface area (Å²) >= 11 is 0. The Bertz CT molecular complexity index is 1260. The van der Waals surface area contributed by atoms with E-state index in [1.807, 2.05) is 23.1 Å². The quantitative estimate of drug-likeness (QED) is 0.520. The maximum absolute atomic E-state index is 14.1. The second-order valence-corrected chi connectivity index (χ2v) is 11.7. The Hall–Kier alpha value is -2.92. The molecule has 1 aromatic heterocycles. The Morgan fingerprint density at radius 2 is 1.95 bits per heavy atom. The summed E-state index contributed by atoms with van der Waals surface area (Å²) in [7, 11) is 0. The Kier molecular flexibility index (Phi) is 6.46. The molecule has 4 aliphatic rings. The SMILES string of the molecule is N#Cc1cccc(C2CCN([C@H]3CC4CCCC4(C(=O)N4CCc5ncc(C(F)(F)F)cc5C4)C3)CC2)c1. The predicted octanol–water partition coefficient (Wildman–Crippen LogP) is 5.69. The van der Waals surface area contributed by atoms with Crippen molar-refractivity contribution < 1.29 is 18.0 Å². The van der Waals surface area contributed by atoms with Crippen molar-refractivity contribution in [3.8, 4) is 6.07 Å². The third kappa shape index (κ3) is 4.49. The number of nitrogens with zero attached hydrogens (tertiary/aromatic N) is 4. The van der Waals surface area contributed by atoms with Crippen molar-refractivity contribution in [2.24, 2.45) is 11.3 Å².